The van der Waals surface area contributed by atoms with Crippen molar-refractivity contribution in [2.24, 2.45) is 0 Å². The normalized spacial score (nSPS) is 14.1. The summed E-state index contributed by atoms with van der Waals surface area (Å²) in [5, 5.41) is 8.55. The lowest BCUT2D eigenvalue weighted by Gasteiger charge is -2.29. The van der Waals surface area contributed by atoms with E-state index in [2.05, 4.69) is 0 Å². The van der Waals surface area contributed by atoms with Gasteiger partial charge in [0.25, 0.3) is 0 Å². The first-order chi connectivity index (χ1) is 8.68. The Morgan fingerprint density at radius 2 is 2.06 bits per heavy atom. The minimum atomic E-state index is -0.883. The van der Waals surface area contributed by atoms with Crippen molar-refractivity contribution >= 4 is 29.3 Å². The van der Waals surface area contributed by atoms with E-state index < -0.39 is 5.97 Å². The fourth-order valence-electron chi connectivity index (χ4n) is 2.10. The van der Waals surface area contributed by atoms with Gasteiger partial charge >= 0.3 is 5.97 Å². The second-order valence-electron chi connectivity index (χ2n) is 4.16. The molecule has 1 aromatic carbocycles. The summed E-state index contributed by atoms with van der Waals surface area (Å²) in [5.74, 6) is -0.692. The Hall–Kier alpha value is -1.49. The van der Waals surface area contributed by atoms with Crippen LogP contribution in [0.5, 0.6) is 0 Å². The number of carboxylic acid groups (broad SMARTS) is 1. The monoisotopic (exact) mass is 265 g/mol. The van der Waals surface area contributed by atoms with Crippen LogP contribution < -0.4 is 4.90 Å². The Bertz CT molecular complexity index is 461. The van der Waals surface area contributed by atoms with Crippen LogP contribution in [0, 0.1) is 0 Å². The highest BCUT2D eigenvalue weighted by molar-refractivity contribution is 8.00. The van der Waals surface area contributed by atoms with Gasteiger partial charge in [0.05, 0.1) is 11.5 Å². The molecule has 1 amide bonds. The summed E-state index contributed by atoms with van der Waals surface area (Å²) >= 11 is 1.15. The number of para-hydroxylation sites is 1. The molecule has 96 valence electrons. The first kappa shape index (κ1) is 13.0. The van der Waals surface area contributed by atoms with Gasteiger partial charge in [-0.3, -0.25) is 9.59 Å². The molecule has 1 aliphatic heterocycles. The van der Waals surface area contributed by atoms with E-state index in [1.807, 2.05) is 24.3 Å². The van der Waals surface area contributed by atoms with Crippen LogP contribution in [0.2, 0.25) is 0 Å². The molecule has 0 unspecified atom stereocenters. The number of amides is 1. The van der Waals surface area contributed by atoms with Gasteiger partial charge < -0.3 is 10.0 Å². The standard InChI is InChI=1S/C13H15NO3S/c15-12(8-18-9-13(16)17)14-7-3-5-10-4-1-2-6-11(10)14/h1-2,4,6H,3,5,7-9H2,(H,16,17). The first-order valence-corrected chi connectivity index (χ1v) is 7.02. The van der Waals surface area contributed by atoms with Crippen molar-refractivity contribution in [3.8, 4) is 0 Å². The van der Waals surface area contributed by atoms with Crippen LogP contribution in [0.25, 0.3) is 0 Å². The minimum Gasteiger partial charge on any atom is -0.481 e. The van der Waals surface area contributed by atoms with Crippen molar-refractivity contribution in [1.82, 2.24) is 0 Å². The quantitative estimate of drug-likeness (QED) is 0.901. The Morgan fingerprint density at radius 3 is 2.83 bits per heavy atom. The summed E-state index contributed by atoms with van der Waals surface area (Å²) < 4.78 is 0. The molecular formula is C13H15NO3S. The minimum absolute atomic E-state index is 0.00611. The van der Waals surface area contributed by atoms with Crippen LogP contribution >= 0.6 is 11.8 Å². The number of hydrogen-bond acceptors (Lipinski definition) is 3. The Balaban J connectivity index is 2.01. The molecule has 0 aliphatic carbocycles. The van der Waals surface area contributed by atoms with E-state index >= 15 is 0 Å². The molecule has 0 fully saturated rings. The maximum absolute atomic E-state index is 12.1. The molecular weight excluding hydrogens is 250 g/mol. The molecule has 1 N–H and O–H groups in total. The smallest absolute Gasteiger partial charge is 0.313 e. The van der Waals surface area contributed by atoms with Crippen molar-refractivity contribution in [3.63, 3.8) is 0 Å². The zero-order chi connectivity index (χ0) is 13.0. The topological polar surface area (TPSA) is 57.6 Å². The molecule has 0 aromatic heterocycles. The van der Waals surface area contributed by atoms with Crippen molar-refractivity contribution in [2.45, 2.75) is 12.8 Å². The van der Waals surface area contributed by atoms with Gasteiger partial charge in [-0.15, -0.1) is 11.8 Å². The fraction of sp³-hybridized carbons (Fsp3) is 0.385. The van der Waals surface area contributed by atoms with Gasteiger partial charge in [-0.1, -0.05) is 18.2 Å². The highest BCUT2D eigenvalue weighted by atomic mass is 32.2. The van der Waals surface area contributed by atoms with E-state index in [-0.39, 0.29) is 17.4 Å². The first-order valence-electron chi connectivity index (χ1n) is 5.86. The summed E-state index contributed by atoms with van der Waals surface area (Å²) in [4.78, 5) is 24.2. The van der Waals surface area contributed by atoms with Gasteiger partial charge in [0.2, 0.25) is 5.91 Å². The van der Waals surface area contributed by atoms with E-state index in [9.17, 15) is 9.59 Å². The second-order valence-corrected chi connectivity index (χ2v) is 5.15. The molecule has 0 saturated carbocycles. The number of aryl methyl sites for hydroxylation is 1. The third-order valence-corrected chi connectivity index (χ3v) is 3.76. The van der Waals surface area contributed by atoms with E-state index in [0.717, 1.165) is 36.8 Å². The third kappa shape index (κ3) is 3.04. The Kier molecular flexibility index (Phi) is 4.25. The number of rotatable bonds is 4. The SMILES string of the molecule is O=C(O)CSCC(=O)N1CCCc2ccccc21. The van der Waals surface area contributed by atoms with Gasteiger partial charge in [-0.25, -0.2) is 0 Å². The summed E-state index contributed by atoms with van der Waals surface area (Å²) in [6.07, 6.45) is 1.97. The van der Waals surface area contributed by atoms with Gasteiger partial charge in [0, 0.05) is 12.2 Å². The molecule has 1 heterocycles. The predicted octanol–water partition coefficient (Wildman–Crippen LogP) is 1.78. The highest BCUT2D eigenvalue weighted by Crippen LogP contribution is 2.27. The molecule has 4 nitrogen and oxygen atoms in total. The lowest BCUT2D eigenvalue weighted by Crippen LogP contribution is -2.36. The third-order valence-electron chi connectivity index (χ3n) is 2.86. The molecule has 1 aliphatic rings. The molecule has 0 spiro atoms. The molecule has 0 atom stereocenters. The maximum Gasteiger partial charge on any atom is 0.313 e. The molecule has 18 heavy (non-hydrogen) atoms. The second kappa shape index (κ2) is 5.91. The number of fused-ring (bicyclic) bond motifs is 1. The fourth-order valence-corrected chi connectivity index (χ4v) is 2.70. The van der Waals surface area contributed by atoms with Crippen LogP contribution in [0.3, 0.4) is 0 Å². The van der Waals surface area contributed by atoms with Crippen LogP contribution in [0.1, 0.15) is 12.0 Å². The summed E-state index contributed by atoms with van der Waals surface area (Å²) in [6.45, 7) is 0.726. The van der Waals surface area contributed by atoms with Crippen LogP contribution in [0.4, 0.5) is 5.69 Å². The van der Waals surface area contributed by atoms with Crippen molar-refractivity contribution in [2.75, 3.05) is 23.0 Å². The molecule has 2 rings (SSSR count). The average molecular weight is 265 g/mol. The Morgan fingerprint density at radius 1 is 1.28 bits per heavy atom. The number of benzene rings is 1. The zero-order valence-electron chi connectivity index (χ0n) is 9.96. The van der Waals surface area contributed by atoms with Gasteiger partial charge in [0.1, 0.15) is 0 Å². The number of carbonyl (C=O) groups is 2. The maximum atomic E-state index is 12.1. The lowest BCUT2D eigenvalue weighted by atomic mass is 10.0. The number of aliphatic carboxylic acids is 1. The molecule has 0 saturated heterocycles. The molecule has 5 heteroatoms. The molecule has 0 bridgehead atoms. The number of hydrogen-bond donors (Lipinski definition) is 1. The van der Waals surface area contributed by atoms with Gasteiger partial charge in [-0.2, -0.15) is 0 Å². The Labute approximate surface area is 110 Å². The zero-order valence-corrected chi connectivity index (χ0v) is 10.8. The van der Waals surface area contributed by atoms with Crippen molar-refractivity contribution < 1.29 is 14.7 Å². The van der Waals surface area contributed by atoms with Gasteiger partial charge in [-0.05, 0) is 24.5 Å². The summed E-state index contributed by atoms with van der Waals surface area (Å²) in [6, 6.07) is 7.90. The van der Waals surface area contributed by atoms with E-state index in [0.29, 0.717) is 0 Å². The number of carboxylic acids is 1. The highest BCUT2D eigenvalue weighted by Gasteiger charge is 2.21. The number of anilines is 1. The number of nitrogens with zero attached hydrogens (tertiary/aromatic N) is 1. The summed E-state index contributed by atoms with van der Waals surface area (Å²) in [7, 11) is 0. The van der Waals surface area contributed by atoms with Crippen LogP contribution in [0.15, 0.2) is 24.3 Å². The van der Waals surface area contributed by atoms with Gasteiger partial charge in [0.15, 0.2) is 0 Å². The number of thioether (sulfide) groups is 1. The predicted molar refractivity (Wildman–Crippen MR) is 72.1 cm³/mol. The number of carbonyl (C=O) groups excluding carboxylic acids is 1. The van der Waals surface area contributed by atoms with E-state index in [1.165, 1.54) is 5.56 Å². The average Bonchev–Trinajstić information content (AvgIpc) is 2.37. The van der Waals surface area contributed by atoms with Crippen LogP contribution in [-0.2, 0) is 16.0 Å². The van der Waals surface area contributed by atoms with Crippen LogP contribution in [-0.4, -0.2) is 35.0 Å². The van der Waals surface area contributed by atoms with E-state index in [4.69, 9.17) is 5.11 Å². The molecule has 1 aromatic rings. The largest absolute Gasteiger partial charge is 0.481 e. The van der Waals surface area contributed by atoms with Crippen molar-refractivity contribution in [3.05, 3.63) is 29.8 Å². The summed E-state index contributed by atoms with van der Waals surface area (Å²) in [5.41, 5.74) is 2.17. The van der Waals surface area contributed by atoms with E-state index in [1.54, 1.807) is 4.90 Å². The van der Waals surface area contributed by atoms with Crippen molar-refractivity contribution in [1.29, 1.82) is 0 Å². The lowest BCUT2D eigenvalue weighted by molar-refractivity contribution is -0.133. The molecule has 0 radical (unpaired) electrons.